The molecule has 98 valence electrons. The Kier molecular flexibility index (Phi) is 5.45. The number of hydrogen-bond donors (Lipinski definition) is 2. The molecule has 0 saturated heterocycles. The average molecular weight is 270 g/mol. The van der Waals surface area contributed by atoms with Crippen LogP contribution < -0.4 is 15.8 Å². The number of carbonyl (C=O) groups is 1. The van der Waals surface area contributed by atoms with Gasteiger partial charge in [0.15, 0.2) is 0 Å². The Labute approximate surface area is 111 Å². The van der Waals surface area contributed by atoms with Gasteiger partial charge < -0.3 is 15.8 Å². The molecule has 0 unspecified atom stereocenters. The maximum Gasteiger partial charge on any atom is 0.221 e. The largest absolute Gasteiger partial charge is 0.494 e. The molecule has 1 amide bonds. The zero-order valence-corrected chi connectivity index (χ0v) is 11.1. The summed E-state index contributed by atoms with van der Waals surface area (Å²) in [7, 11) is 0. The van der Waals surface area contributed by atoms with Gasteiger partial charge in [0, 0.05) is 13.0 Å². The molecule has 0 bridgehead atoms. The second-order valence-corrected chi connectivity index (χ2v) is 3.80. The van der Waals surface area contributed by atoms with Gasteiger partial charge in [-0.3, -0.25) is 4.79 Å². The first-order valence-electron chi connectivity index (χ1n) is 5.50. The Morgan fingerprint density at radius 2 is 2.28 bits per heavy atom. The second-order valence-electron chi connectivity index (χ2n) is 3.53. The van der Waals surface area contributed by atoms with E-state index < -0.39 is 0 Å². The predicted octanol–water partition coefficient (Wildman–Crippen LogP) is 2.27. The number of ether oxygens (including phenoxy) is 1. The van der Waals surface area contributed by atoms with E-state index in [1.807, 2.05) is 6.92 Å². The zero-order valence-electron chi connectivity index (χ0n) is 10.4. The minimum atomic E-state index is -0.181. The van der Waals surface area contributed by atoms with E-state index in [4.69, 9.17) is 22.1 Å². The van der Waals surface area contributed by atoms with Gasteiger partial charge >= 0.3 is 0 Å². The van der Waals surface area contributed by atoms with Crippen LogP contribution in [0, 0.1) is 0 Å². The number of alkyl halides is 1. The number of nitrogens with two attached hydrogens (primary N) is 1. The van der Waals surface area contributed by atoms with E-state index in [9.17, 15) is 4.79 Å². The van der Waals surface area contributed by atoms with Gasteiger partial charge in [-0.15, -0.1) is 11.6 Å². The Morgan fingerprint density at radius 3 is 2.83 bits per heavy atom. The lowest BCUT2D eigenvalue weighted by Gasteiger charge is -2.09. The van der Waals surface area contributed by atoms with Crippen LogP contribution in [0.3, 0.4) is 0 Å². The number of halogens is 1. The Hall–Kier alpha value is -1.75. The summed E-state index contributed by atoms with van der Waals surface area (Å²) in [6.07, 6.45) is 0. The second kappa shape index (κ2) is 6.86. The van der Waals surface area contributed by atoms with E-state index in [2.05, 4.69) is 10.3 Å². The first kappa shape index (κ1) is 14.3. The first-order valence-corrected chi connectivity index (χ1v) is 6.03. The smallest absolute Gasteiger partial charge is 0.221 e. The SMILES string of the molecule is CCOc1ccc(NC(C)=O)c(N=C(N)CCl)c1. The number of benzene rings is 1. The number of amides is 1. The van der Waals surface area contributed by atoms with Crippen molar-refractivity contribution in [3.63, 3.8) is 0 Å². The molecule has 0 spiro atoms. The predicted molar refractivity (Wildman–Crippen MR) is 73.9 cm³/mol. The standard InChI is InChI=1S/C12H16ClN3O2/c1-3-18-9-4-5-10(15-8(2)17)11(6-9)16-12(14)7-13/h4-6H,3,7H2,1-2H3,(H2,14,16)(H,15,17). The molecule has 6 heteroatoms. The third-order valence-corrected chi connectivity index (χ3v) is 2.27. The van der Waals surface area contributed by atoms with Crippen molar-refractivity contribution in [2.75, 3.05) is 17.8 Å². The molecule has 0 aromatic heterocycles. The van der Waals surface area contributed by atoms with Crippen LogP contribution in [0.5, 0.6) is 5.75 Å². The Bertz CT molecular complexity index is 461. The summed E-state index contributed by atoms with van der Waals surface area (Å²) in [5.41, 5.74) is 6.68. The van der Waals surface area contributed by atoms with Crippen LogP contribution in [-0.4, -0.2) is 24.2 Å². The number of rotatable bonds is 5. The molecule has 0 fully saturated rings. The van der Waals surface area contributed by atoms with Crippen molar-refractivity contribution in [2.45, 2.75) is 13.8 Å². The van der Waals surface area contributed by atoms with Gasteiger partial charge in [-0.1, -0.05) is 0 Å². The van der Waals surface area contributed by atoms with Crippen LogP contribution >= 0.6 is 11.6 Å². The van der Waals surface area contributed by atoms with Gasteiger partial charge in [0.2, 0.25) is 5.91 Å². The van der Waals surface area contributed by atoms with Gasteiger partial charge in [-0.2, -0.15) is 0 Å². The van der Waals surface area contributed by atoms with Crippen LogP contribution in [0.25, 0.3) is 0 Å². The number of carbonyl (C=O) groups excluding carboxylic acids is 1. The van der Waals surface area contributed by atoms with E-state index in [1.165, 1.54) is 6.92 Å². The maximum absolute atomic E-state index is 11.1. The van der Waals surface area contributed by atoms with E-state index in [0.717, 1.165) is 0 Å². The topological polar surface area (TPSA) is 76.7 Å². The number of aliphatic imine (C=N–C) groups is 1. The molecular formula is C12H16ClN3O2. The molecular weight excluding hydrogens is 254 g/mol. The fourth-order valence-electron chi connectivity index (χ4n) is 1.34. The van der Waals surface area contributed by atoms with E-state index in [1.54, 1.807) is 18.2 Å². The molecule has 0 aliphatic heterocycles. The molecule has 0 aliphatic carbocycles. The van der Waals surface area contributed by atoms with Crippen molar-refractivity contribution in [3.05, 3.63) is 18.2 Å². The number of amidine groups is 1. The fourth-order valence-corrected chi connectivity index (χ4v) is 1.40. The minimum absolute atomic E-state index is 0.123. The molecule has 0 atom stereocenters. The van der Waals surface area contributed by atoms with Crippen LogP contribution in [-0.2, 0) is 4.79 Å². The lowest BCUT2D eigenvalue weighted by molar-refractivity contribution is -0.114. The Balaban J connectivity index is 3.13. The van der Waals surface area contributed by atoms with E-state index >= 15 is 0 Å². The molecule has 5 nitrogen and oxygen atoms in total. The van der Waals surface area contributed by atoms with Gasteiger partial charge in [0.05, 0.1) is 23.9 Å². The van der Waals surface area contributed by atoms with Gasteiger partial charge in [0.1, 0.15) is 11.6 Å². The van der Waals surface area contributed by atoms with E-state index in [0.29, 0.717) is 23.7 Å². The third-order valence-electron chi connectivity index (χ3n) is 1.99. The van der Waals surface area contributed by atoms with Crippen molar-refractivity contribution < 1.29 is 9.53 Å². The average Bonchev–Trinajstić information content (AvgIpc) is 2.32. The maximum atomic E-state index is 11.1. The highest BCUT2D eigenvalue weighted by atomic mass is 35.5. The number of hydrogen-bond acceptors (Lipinski definition) is 3. The molecule has 0 radical (unpaired) electrons. The summed E-state index contributed by atoms with van der Waals surface area (Å²) in [5, 5.41) is 2.67. The third kappa shape index (κ3) is 4.25. The van der Waals surface area contributed by atoms with Crippen molar-refractivity contribution in [2.24, 2.45) is 10.7 Å². The molecule has 0 saturated carbocycles. The summed E-state index contributed by atoms with van der Waals surface area (Å²) >= 11 is 5.59. The van der Waals surface area contributed by atoms with Gasteiger partial charge in [0.25, 0.3) is 0 Å². The molecule has 1 rings (SSSR count). The summed E-state index contributed by atoms with van der Waals surface area (Å²) in [6, 6.07) is 5.17. The molecule has 0 aliphatic rings. The van der Waals surface area contributed by atoms with Crippen molar-refractivity contribution >= 4 is 34.7 Å². The van der Waals surface area contributed by atoms with Crippen LogP contribution in [0.4, 0.5) is 11.4 Å². The lowest BCUT2D eigenvalue weighted by atomic mass is 10.2. The van der Waals surface area contributed by atoms with Crippen LogP contribution in [0.2, 0.25) is 0 Å². The number of nitrogens with zero attached hydrogens (tertiary/aromatic N) is 1. The molecule has 0 heterocycles. The molecule has 3 N–H and O–H groups in total. The highest BCUT2D eigenvalue weighted by molar-refractivity contribution is 6.28. The molecule has 1 aromatic carbocycles. The summed E-state index contributed by atoms with van der Waals surface area (Å²) in [6.45, 7) is 3.86. The number of anilines is 1. The quantitative estimate of drug-likeness (QED) is 0.489. The Morgan fingerprint density at radius 1 is 1.56 bits per heavy atom. The first-order chi connectivity index (χ1) is 8.56. The van der Waals surface area contributed by atoms with Crippen molar-refractivity contribution in [1.29, 1.82) is 0 Å². The van der Waals surface area contributed by atoms with Gasteiger partial charge in [-0.05, 0) is 19.1 Å². The molecule has 1 aromatic rings. The summed E-state index contributed by atoms with van der Waals surface area (Å²) in [4.78, 5) is 15.2. The highest BCUT2D eigenvalue weighted by Gasteiger charge is 2.06. The zero-order chi connectivity index (χ0) is 13.5. The van der Waals surface area contributed by atoms with Crippen LogP contribution in [0.1, 0.15) is 13.8 Å². The summed E-state index contributed by atoms with van der Waals surface area (Å²) < 4.78 is 5.37. The van der Waals surface area contributed by atoms with Crippen LogP contribution in [0.15, 0.2) is 23.2 Å². The fraction of sp³-hybridized carbons (Fsp3) is 0.333. The highest BCUT2D eigenvalue weighted by Crippen LogP contribution is 2.29. The normalized spacial score (nSPS) is 11.2. The minimum Gasteiger partial charge on any atom is -0.494 e. The monoisotopic (exact) mass is 269 g/mol. The van der Waals surface area contributed by atoms with E-state index in [-0.39, 0.29) is 17.6 Å². The lowest BCUT2D eigenvalue weighted by Crippen LogP contribution is -2.13. The van der Waals surface area contributed by atoms with Gasteiger partial charge in [-0.25, -0.2) is 4.99 Å². The van der Waals surface area contributed by atoms with Crippen molar-refractivity contribution in [1.82, 2.24) is 0 Å². The van der Waals surface area contributed by atoms with Crippen molar-refractivity contribution in [3.8, 4) is 5.75 Å². The summed E-state index contributed by atoms with van der Waals surface area (Å²) in [5.74, 6) is 0.878. The number of nitrogens with one attached hydrogen (secondary N) is 1. The molecule has 18 heavy (non-hydrogen) atoms.